The molecule has 1 N–H and O–H groups in total. The van der Waals surface area contributed by atoms with Crippen LogP contribution >= 0.6 is 0 Å². The Morgan fingerprint density at radius 1 is 1.24 bits per heavy atom. The van der Waals surface area contributed by atoms with E-state index in [0.717, 1.165) is 22.0 Å². The molecule has 1 heterocycles. The number of pyridine rings is 1. The minimum Gasteiger partial charge on any atom is -0.467 e. The highest BCUT2D eigenvalue weighted by molar-refractivity contribution is 5.83. The van der Waals surface area contributed by atoms with Gasteiger partial charge in [0.2, 0.25) is 0 Å². The van der Waals surface area contributed by atoms with Gasteiger partial charge in [0, 0.05) is 18.0 Å². The summed E-state index contributed by atoms with van der Waals surface area (Å²) in [6.07, 6.45) is 1.31. The lowest BCUT2D eigenvalue weighted by atomic mass is 10.0. The van der Waals surface area contributed by atoms with Gasteiger partial charge in [0.1, 0.15) is 11.6 Å². The molecule has 0 aliphatic carbocycles. The van der Waals surface area contributed by atoms with Crippen LogP contribution in [-0.2, 0) is 20.7 Å². The predicted molar refractivity (Wildman–Crippen MR) is 95.4 cm³/mol. The standard InChI is InChI=1S/C19H24N2O4/c1-12-6-7-15-14(8-12)9-13(11-20-15)10-16(17(22)24-5)21-18(23)25-19(2,3)4/h6-9,11,16H,10H2,1-5H3,(H,21,23)/t16-/m0/s1. The maximum Gasteiger partial charge on any atom is 0.408 e. The molecule has 0 unspecified atom stereocenters. The number of amides is 1. The molecular weight excluding hydrogens is 320 g/mol. The van der Waals surface area contributed by atoms with Crippen LogP contribution in [0.1, 0.15) is 31.9 Å². The second kappa shape index (κ2) is 7.51. The summed E-state index contributed by atoms with van der Waals surface area (Å²) >= 11 is 0. The maximum atomic E-state index is 12.0. The van der Waals surface area contributed by atoms with Crippen molar-refractivity contribution < 1.29 is 19.1 Å². The topological polar surface area (TPSA) is 77.5 Å². The Hall–Kier alpha value is -2.63. The summed E-state index contributed by atoms with van der Waals surface area (Å²) in [5.74, 6) is -0.532. The Balaban J connectivity index is 2.19. The highest BCUT2D eigenvalue weighted by Gasteiger charge is 2.25. The van der Waals surface area contributed by atoms with Crippen LogP contribution in [0.4, 0.5) is 4.79 Å². The summed E-state index contributed by atoms with van der Waals surface area (Å²) in [5, 5.41) is 3.55. The first-order chi connectivity index (χ1) is 11.7. The molecule has 1 atom stereocenters. The molecule has 0 fully saturated rings. The van der Waals surface area contributed by atoms with E-state index >= 15 is 0 Å². The van der Waals surface area contributed by atoms with Crippen molar-refractivity contribution >= 4 is 23.0 Å². The van der Waals surface area contributed by atoms with Crippen molar-refractivity contribution in [1.29, 1.82) is 0 Å². The Bertz CT molecular complexity index is 781. The summed E-state index contributed by atoms with van der Waals surface area (Å²) in [6.45, 7) is 7.29. The molecule has 2 aromatic rings. The molecule has 0 bridgehead atoms. The monoisotopic (exact) mass is 344 g/mol. The maximum absolute atomic E-state index is 12.0. The van der Waals surface area contributed by atoms with Gasteiger partial charge in [-0.3, -0.25) is 4.98 Å². The number of alkyl carbamates (subject to hydrolysis) is 1. The average molecular weight is 344 g/mol. The van der Waals surface area contributed by atoms with Gasteiger partial charge in [-0.1, -0.05) is 11.6 Å². The van der Waals surface area contributed by atoms with Crippen molar-refractivity contribution in [2.75, 3.05) is 7.11 Å². The fourth-order valence-corrected chi connectivity index (χ4v) is 2.43. The molecular formula is C19H24N2O4. The van der Waals surface area contributed by atoms with Crippen LogP contribution in [0.15, 0.2) is 30.5 Å². The number of hydrogen-bond acceptors (Lipinski definition) is 5. The summed E-state index contributed by atoms with van der Waals surface area (Å²) < 4.78 is 10.0. The van der Waals surface area contributed by atoms with Crippen LogP contribution in [0.3, 0.4) is 0 Å². The number of rotatable bonds is 4. The van der Waals surface area contributed by atoms with Crippen LogP contribution in [0, 0.1) is 6.92 Å². The largest absolute Gasteiger partial charge is 0.467 e. The van der Waals surface area contributed by atoms with Crippen LogP contribution in [-0.4, -0.2) is 35.8 Å². The third-order valence-corrected chi connectivity index (χ3v) is 3.51. The molecule has 134 valence electrons. The molecule has 0 saturated heterocycles. The minimum absolute atomic E-state index is 0.267. The zero-order valence-electron chi connectivity index (χ0n) is 15.3. The number of hydrogen-bond donors (Lipinski definition) is 1. The van der Waals surface area contributed by atoms with Crippen LogP contribution in [0.5, 0.6) is 0 Å². The van der Waals surface area contributed by atoms with Gasteiger partial charge in [-0.2, -0.15) is 0 Å². The quantitative estimate of drug-likeness (QED) is 0.862. The molecule has 0 saturated carbocycles. The predicted octanol–water partition coefficient (Wildman–Crippen LogP) is 3.15. The molecule has 6 heteroatoms. The molecule has 1 amide bonds. The number of carbonyl (C=O) groups excluding carboxylic acids is 2. The number of nitrogens with one attached hydrogen (secondary N) is 1. The third-order valence-electron chi connectivity index (χ3n) is 3.51. The van der Waals surface area contributed by atoms with Crippen molar-refractivity contribution in [3.63, 3.8) is 0 Å². The first-order valence-electron chi connectivity index (χ1n) is 8.10. The van der Waals surface area contributed by atoms with E-state index in [2.05, 4.69) is 10.3 Å². The lowest BCUT2D eigenvalue weighted by molar-refractivity contribution is -0.143. The number of aromatic nitrogens is 1. The van der Waals surface area contributed by atoms with Gasteiger partial charge in [0.25, 0.3) is 0 Å². The number of carbonyl (C=O) groups is 2. The van der Waals surface area contributed by atoms with Gasteiger partial charge in [-0.05, 0) is 51.5 Å². The summed E-state index contributed by atoms with van der Waals surface area (Å²) in [6, 6.07) is 7.09. The normalized spacial score (nSPS) is 12.5. The van der Waals surface area contributed by atoms with Gasteiger partial charge in [0.05, 0.1) is 12.6 Å². The summed E-state index contributed by atoms with van der Waals surface area (Å²) in [4.78, 5) is 28.4. The highest BCUT2D eigenvalue weighted by atomic mass is 16.6. The summed E-state index contributed by atoms with van der Waals surface area (Å²) in [7, 11) is 1.29. The molecule has 0 radical (unpaired) electrons. The highest BCUT2D eigenvalue weighted by Crippen LogP contribution is 2.16. The van der Waals surface area contributed by atoms with Crippen molar-refractivity contribution in [3.8, 4) is 0 Å². The second-order valence-electron chi connectivity index (χ2n) is 6.97. The smallest absolute Gasteiger partial charge is 0.408 e. The average Bonchev–Trinajstić information content (AvgIpc) is 2.51. The van der Waals surface area contributed by atoms with Gasteiger partial charge < -0.3 is 14.8 Å². The van der Waals surface area contributed by atoms with E-state index in [0.29, 0.717) is 0 Å². The fourth-order valence-electron chi connectivity index (χ4n) is 2.43. The van der Waals surface area contributed by atoms with E-state index in [1.165, 1.54) is 7.11 Å². The fraction of sp³-hybridized carbons (Fsp3) is 0.421. The van der Waals surface area contributed by atoms with Gasteiger partial charge >= 0.3 is 12.1 Å². The Labute approximate surface area is 147 Å². The molecule has 2 rings (SSSR count). The zero-order chi connectivity index (χ0) is 18.6. The molecule has 1 aromatic carbocycles. The van der Waals surface area contributed by atoms with Crippen LogP contribution in [0.25, 0.3) is 10.9 Å². The van der Waals surface area contributed by atoms with E-state index < -0.39 is 23.7 Å². The van der Waals surface area contributed by atoms with Crippen LogP contribution in [0.2, 0.25) is 0 Å². The SMILES string of the molecule is COC(=O)[C@H](Cc1cnc2ccc(C)cc2c1)NC(=O)OC(C)(C)C. The molecule has 0 aliphatic heterocycles. The van der Waals surface area contributed by atoms with E-state index in [1.807, 2.05) is 31.2 Å². The number of aryl methyl sites for hydroxylation is 1. The number of ether oxygens (including phenoxy) is 2. The number of methoxy groups -OCH3 is 1. The molecule has 1 aromatic heterocycles. The Morgan fingerprint density at radius 2 is 1.96 bits per heavy atom. The number of benzene rings is 1. The zero-order valence-corrected chi connectivity index (χ0v) is 15.3. The van der Waals surface area contributed by atoms with Gasteiger partial charge in [0.15, 0.2) is 0 Å². The van der Waals surface area contributed by atoms with Gasteiger partial charge in [-0.25, -0.2) is 9.59 Å². The third kappa shape index (κ3) is 5.45. The van der Waals surface area contributed by atoms with E-state index in [1.54, 1.807) is 27.0 Å². The number of esters is 1. The minimum atomic E-state index is -0.844. The first-order valence-corrected chi connectivity index (χ1v) is 8.10. The molecule has 6 nitrogen and oxygen atoms in total. The van der Waals surface area contributed by atoms with E-state index in [-0.39, 0.29) is 6.42 Å². The van der Waals surface area contributed by atoms with Crippen LogP contribution < -0.4 is 5.32 Å². The first kappa shape index (κ1) is 18.7. The van der Waals surface area contributed by atoms with E-state index in [9.17, 15) is 9.59 Å². The van der Waals surface area contributed by atoms with Crippen molar-refractivity contribution in [3.05, 3.63) is 41.6 Å². The molecule has 0 spiro atoms. The summed E-state index contributed by atoms with van der Waals surface area (Å²) in [5.41, 5.74) is 2.18. The van der Waals surface area contributed by atoms with Crippen molar-refractivity contribution in [2.45, 2.75) is 45.8 Å². The van der Waals surface area contributed by atoms with Crippen molar-refractivity contribution in [1.82, 2.24) is 10.3 Å². The number of fused-ring (bicyclic) bond motifs is 1. The Morgan fingerprint density at radius 3 is 2.60 bits per heavy atom. The molecule has 25 heavy (non-hydrogen) atoms. The lowest BCUT2D eigenvalue weighted by Gasteiger charge is -2.22. The van der Waals surface area contributed by atoms with E-state index in [4.69, 9.17) is 9.47 Å². The Kier molecular flexibility index (Phi) is 5.62. The second-order valence-corrected chi connectivity index (χ2v) is 6.97. The lowest BCUT2D eigenvalue weighted by Crippen LogP contribution is -2.45. The van der Waals surface area contributed by atoms with Gasteiger partial charge in [-0.15, -0.1) is 0 Å². The number of nitrogens with zero attached hydrogens (tertiary/aromatic N) is 1. The molecule has 0 aliphatic rings. The van der Waals surface area contributed by atoms with Crippen molar-refractivity contribution in [2.24, 2.45) is 0 Å².